The second-order valence-electron chi connectivity index (χ2n) is 14.6. The SMILES string of the molecule is CCCO[C@H]1OC(COP(=O)([O-])O[C@H]2OC(COP(=O)([O-])O[C@H]3OC(CC)[C@@H](OC(C)=O)[C@H](OC(C)=O)C3N=[N+]=[N-])[C@@H](OC(C)=O)[C@H](OC(C)=O)C2N=[N+]=[N-])[C@@H](OC(C)=O)[C@H](OC(C)=O)C1N=[N+]=[N-]. The van der Waals surface area contributed by atoms with Crippen LogP contribution in [0.15, 0.2) is 15.3 Å². The highest BCUT2D eigenvalue weighted by molar-refractivity contribution is 7.46. The molecule has 17 atom stereocenters. The Morgan fingerprint density at radius 3 is 1.10 bits per heavy atom. The van der Waals surface area contributed by atoms with E-state index < -0.39 is 157 Å². The maximum absolute atomic E-state index is 13.6. The number of azide groups is 3. The molecule has 0 bridgehead atoms. The molecule has 3 fully saturated rings. The third kappa shape index (κ3) is 17.3. The van der Waals surface area contributed by atoms with E-state index in [9.17, 15) is 64.3 Å². The molecule has 3 aliphatic rings. The van der Waals surface area contributed by atoms with Gasteiger partial charge in [0.1, 0.15) is 36.4 Å². The second-order valence-corrected chi connectivity index (χ2v) is 17.4. The first-order valence-corrected chi connectivity index (χ1v) is 23.3. The molecule has 35 heteroatoms. The number of carbonyl (C=O) groups is 6. The first kappa shape index (κ1) is 58.1. The van der Waals surface area contributed by atoms with Gasteiger partial charge in [0.05, 0.1) is 13.2 Å². The van der Waals surface area contributed by atoms with Crippen LogP contribution in [0.5, 0.6) is 0 Å². The quantitative estimate of drug-likeness (QED) is 0.0350. The number of hydrogen-bond donors (Lipinski definition) is 0. The zero-order chi connectivity index (χ0) is 51.8. The molecule has 0 aromatic carbocycles. The van der Waals surface area contributed by atoms with E-state index in [1.807, 2.05) is 0 Å². The van der Waals surface area contributed by atoms with Crippen molar-refractivity contribution in [3.63, 3.8) is 0 Å². The number of phosphoric acid groups is 2. The molecule has 3 rings (SSSR count). The molecule has 0 spiro atoms. The third-order valence-electron chi connectivity index (χ3n) is 9.36. The van der Waals surface area contributed by atoms with Crippen molar-refractivity contribution in [2.24, 2.45) is 15.3 Å². The van der Waals surface area contributed by atoms with Crippen molar-refractivity contribution in [2.45, 2.75) is 160 Å². The summed E-state index contributed by atoms with van der Waals surface area (Å²) in [6, 6.07) is -5.45. The Bertz CT molecular complexity index is 2110. The van der Waals surface area contributed by atoms with E-state index in [4.69, 9.17) is 65.5 Å². The van der Waals surface area contributed by atoms with Gasteiger partial charge < -0.3 is 66.2 Å². The van der Waals surface area contributed by atoms with E-state index in [0.717, 1.165) is 41.5 Å². The zero-order valence-electron chi connectivity index (χ0n) is 37.9. The van der Waals surface area contributed by atoms with E-state index in [1.165, 1.54) is 6.92 Å². The molecule has 69 heavy (non-hydrogen) atoms. The Morgan fingerprint density at radius 2 is 0.797 bits per heavy atom. The Kier molecular flexibility index (Phi) is 22.5. The fourth-order valence-corrected chi connectivity index (χ4v) is 8.63. The van der Waals surface area contributed by atoms with Crippen molar-refractivity contribution in [1.82, 2.24) is 0 Å². The molecule has 33 nitrogen and oxygen atoms in total. The number of hydrogen-bond acceptors (Lipinski definition) is 27. The molecule has 0 aromatic heterocycles. The summed E-state index contributed by atoms with van der Waals surface area (Å²) in [5.74, 6) is -6.10. The highest BCUT2D eigenvalue weighted by atomic mass is 31.2. The molecule has 0 aromatic rings. The highest BCUT2D eigenvalue weighted by Gasteiger charge is 2.54. The Morgan fingerprint density at radius 1 is 0.507 bits per heavy atom. The molecule has 0 amide bonds. The third-order valence-corrected chi connectivity index (χ3v) is 11.2. The maximum Gasteiger partial charge on any atom is 0.303 e. The van der Waals surface area contributed by atoms with Crippen molar-refractivity contribution in [3.8, 4) is 0 Å². The predicted octanol–water partition coefficient (Wildman–Crippen LogP) is 1.63. The zero-order valence-corrected chi connectivity index (χ0v) is 39.7. The predicted molar refractivity (Wildman–Crippen MR) is 214 cm³/mol. The first-order valence-electron chi connectivity index (χ1n) is 20.4. The molecule has 8 unspecified atom stereocenters. The standard InChI is InChI=1S/C34H51N9O24P2/c1-9-11-54-32-23(38-41-35)29(60-17(6)47)27(58-15(4)45)21(64-32)12-55-69(52,53)67-34-25(40-43-37)31(62-19(8)49)28(59-16(5)46)22(65-34)13-56-68(50,51)66-33-24(39-42-36)30(61-18(7)48)26(57-14(3)44)20(10-2)63-33/h20-34H,9-13H2,1-8H3,(H,50,51)(H,52,53)/p-2/t20?,21?,22?,23?,24?,25?,26-,27-,28-,29-,30-,31-,32+,33-,34-/m1/s1. The molecule has 0 saturated carbocycles. The first-order chi connectivity index (χ1) is 32.4. The van der Waals surface area contributed by atoms with Crippen molar-refractivity contribution < 1.29 is 113 Å². The van der Waals surface area contributed by atoms with Crippen LogP contribution >= 0.6 is 15.6 Å². The van der Waals surface area contributed by atoms with Crippen LogP contribution in [0.4, 0.5) is 0 Å². The van der Waals surface area contributed by atoms with Crippen LogP contribution in [0.3, 0.4) is 0 Å². The lowest BCUT2D eigenvalue weighted by molar-refractivity contribution is -0.298. The largest absolute Gasteiger partial charge is 0.756 e. The van der Waals surface area contributed by atoms with Crippen molar-refractivity contribution in [2.75, 3.05) is 19.8 Å². The van der Waals surface area contributed by atoms with Crippen LogP contribution in [-0.2, 0) is 103 Å². The van der Waals surface area contributed by atoms with Crippen LogP contribution in [0.25, 0.3) is 31.3 Å². The number of phosphoric ester groups is 2. The molecule has 0 N–H and O–H groups in total. The molecule has 0 aliphatic carbocycles. The fraction of sp³-hybridized carbons (Fsp3) is 0.824. The molecule has 0 radical (unpaired) electrons. The van der Waals surface area contributed by atoms with Gasteiger partial charge in [-0.25, -0.2) is 0 Å². The van der Waals surface area contributed by atoms with E-state index in [1.54, 1.807) is 6.92 Å². The van der Waals surface area contributed by atoms with Gasteiger partial charge in [0, 0.05) is 62.9 Å². The average Bonchev–Trinajstić information content (AvgIpc) is 3.23. The van der Waals surface area contributed by atoms with E-state index in [-0.39, 0.29) is 13.0 Å². The van der Waals surface area contributed by atoms with Gasteiger partial charge in [-0.2, -0.15) is 0 Å². The molecule has 386 valence electrons. The number of ether oxygens (including phenoxy) is 10. The van der Waals surface area contributed by atoms with E-state index >= 15 is 0 Å². The van der Waals surface area contributed by atoms with Crippen molar-refractivity contribution >= 4 is 51.5 Å². The van der Waals surface area contributed by atoms with Crippen molar-refractivity contribution in [1.29, 1.82) is 0 Å². The molecule has 3 aliphatic heterocycles. The van der Waals surface area contributed by atoms with Gasteiger partial charge in [0.15, 0.2) is 55.5 Å². The summed E-state index contributed by atoms with van der Waals surface area (Å²) >= 11 is 0. The van der Waals surface area contributed by atoms with E-state index in [2.05, 4.69) is 30.1 Å². The van der Waals surface area contributed by atoms with Gasteiger partial charge in [-0.15, -0.1) is 0 Å². The smallest absolute Gasteiger partial charge is 0.303 e. The lowest BCUT2D eigenvalue weighted by Gasteiger charge is -2.46. The number of esters is 6. The van der Waals surface area contributed by atoms with Crippen LogP contribution < -0.4 is 9.79 Å². The van der Waals surface area contributed by atoms with E-state index in [0.29, 0.717) is 6.42 Å². The van der Waals surface area contributed by atoms with Crippen LogP contribution in [0, 0.1) is 0 Å². The average molecular weight is 1030 g/mol. The minimum atomic E-state index is -5.89. The summed E-state index contributed by atoms with van der Waals surface area (Å²) < 4.78 is 102. The van der Waals surface area contributed by atoms with Crippen LogP contribution in [0.1, 0.15) is 68.2 Å². The van der Waals surface area contributed by atoms with Crippen LogP contribution in [-0.4, -0.2) is 148 Å². The Hall–Kier alpha value is -5.19. The number of carbonyl (C=O) groups excluding carboxylic acids is 6. The Balaban J connectivity index is 2.00. The van der Waals surface area contributed by atoms with Crippen LogP contribution in [0.2, 0.25) is 0 Å². The Labute approximate surface area is 390 Å². The number of rotatable bonds is 23. The summed E-state index contributed by atoms with van der Waals surface area (Å²) in [5, 5.41) is 10.4. The molecule has 3 saturated heterocycles. The molecular weight excluding hydrogens is 980 g/mol. The summed E-state index contributed by atoms with van der Waals surface area (Å²) in [4.78, 5) is 108. The minimum absolute atomic E-state index is 0.0257. The van der Waals surface area contributed by atoms with Gasteiger partial charge >= 0.3 is 35.8 Å². The molecule has 3 heterocycles. The lowest BCUT2D eigenvalue weighted by Crippen LogP contribution is -2.61. The minimum Gasteiger partial charge on any atom is -0.756 e. The summed E-state index contributed by atoms with van der Waals surface area (Å²) in [5.41, 5.74) is 28.1. The maximum atomic E-state index is 13.6. The lowest BCUT2D eigenvalue weighted by atomic mass is 9.95. The summed E-state index contributed by atoms with van der Waals surface area (Å²) in [6.45, 7) is 6.30. The second kappa shape index (κ2) is 26.7. The molecular formula is C34H49N9O24P2-2. The van der Waals surface area contributed by atoms with Gasteiger partial charge in [0.2, 0.25) is 0 Å². The monoisotopic (exact) mass is 1030 g/mol. The van der Waals surface area contributed by atoms with Gasteiger partial charge in [-0.3, -0.25) is 46.9 Å². The van der Waals surface area contributed by atoms with Gasteiger partial charge in [-0.1, -0.05) is 29.2 Å². The van der Waals surface area contributed by atoms with Crippen molar-refractivity contribution in [3.05, 3.63) is 31.3 Å². The fourth-order valence-electron chi connectivity index (χ4n) is 6.99. The highest BCUT2D eigenvalue weighted by Crippen LogP contribution is 2.47. The topological polar surface area (TPSA) is 458 Å². The number of nitrogens with zero attached hydrogens (tertiary/aromatic N) is 9. The summed E-state index contributed by atoms with van der Waals surface area (Å²) in [6.07, 6.45) is -21.3. The normalized spacial score (nSPS) is 32.6. The van der Waals surface area contributed by atoms with Gasteiger partial charge in [-0.05, 0) is 29.4 Å². The van der Waals surface area contributed by atoms with Gasteiger partial charge in [0.25, 0.3) is 15.6 Å². The summed E-state index contributed by atoms with van der Waals surface area (Å²) in [7, 11) is -11.7.